The van der Waals surface area contributed by atoms with Crippen LogP contribution < -0.4 is 0 Å². The van der Waals surface area contributed by atoms with Gasteiger partial charge < -0.3 is 5.11 Å². The lowest BCUT2D eigenvalue weighted by Crippen LogP contribution is -2.44. The van der Waals surface area contributed by atoms with Crippen LogP contribution in [0.15, 0.2) is 23.1 Å². The lowest BCUT2D eigenvalue weighted by atomic mass is 10.2. The molecule has 0 aliphatic carbocycles. The summed E-state index contributed by atoms with van der Waals surface area (Å²) in [4.78, 5) is 0.0884. The van der Waals surface area contributed by atoms with E-state index in [2.05, 4.69) is 0 Å². The lowest BCUT2D eigenvalue weighted by molar-refractivity contribution is 0.226. The molecule has 1 saturated heterocycles. The van der Waals surface area contributed by atoms with Gasteiger partial charge in [-0.2, -0.15) is 16.1 Å². The highest BCUT2D eigenvalue weighted by Gasteiger charge is 2.32. The Morgan fingerprint density at radius 2 is 2.24 bits per heavy atom. The van der Waals surface area contributed by atoms with E-state index in [4.69, 9.17) is 0 Å². The summed E-state index contributed by atoms with van der Waals surface area (Å²) in [6, 6.07) is 3.71. The fourth-order valence-corrected chi connectivity index (χ4v) is 5.44. The maximum Gasteiger partial charge on any atom is 0.243 e. The number of benzene rings is 1. The van der Waals surface area contributed by atoms with E-state index in [0.29, 0.717) is 5.56 Å². The first-order valence-corrected chi connectivity index (χ1v) is 9.53. The van der Waals surface area contributed by atoms with Gasteiger partial charge in [-0.3, -0.25) is 0 Å². The third-order valence-electron chi connectivity index (χ3n) is 3.60. The number of nitrogens with zero attached hydrogens (tertiary/aromatic N) is 1. The molecule has 1 aromatic carbocycles. The van der Waals surface area contributed by atoms with Crippen molar-refractivity contribution in [1.29, 1.82) is 0 Å². The van der Waals surface area contributed by atoms with Crippen LogP contribution in [0.25, 0.3) is 0 Å². The second-order valence-electron chi connectivity index (χ2n) is 5.12. The van der Waals surface area contributed by atoms with Crippen LogP contribution in [0.5, 0.6) is 0 Å². The van der Waals surface area contributed by atoms with Crippen LogP contribution in [0.2, 0.25) is 0 Å². The molecule has 0 radical (unpaired) electrons. The molecule has 1 N–H and O–H groups in total. The Morgan fingerprint density at radius 3 is 2.81 bits per heavy atom. The van der Waals surface area contributed by atoms with Gasteiger partial charge in [-0.25, -0.2) is 12.8 Å². The van der Waals surface area contributed by atoms with Crippen LogP contribution >= 0.6 is 11.8 Å². The van der Waals surface area contributed by atoms with E-state index in [1.165, 1.54) is 22.5 Å². The van der Waals surface area contributed by atoms with Crippen LogP contribution in [0.1, 0.15) is 18.4 Å². The second kappa shape index (κ2) is 7.09. The largest absolute Gasteiger partial charge is 0.395 e. The van der Waals surface area contributed by atoms with E-state index in [9.17, 15) is 17.9 Å². The molecule has 118 valence electrons. The first-order valence-electron chi connectivity index (χ1n) is 6.93. The molecule has 4 nitrogen and oxygen atoms in total. The summed E-state index contributed by atoms with van der Waals surface area (Å²) in [7, 11) is -3.71. The molecule has 1 fully saturated rings. The predicted molar refractivity (Wildman–Crippen MR) is 82.5 cm³/mol. The molecule has 1 heterocycles. The highest BCUT2D eigenvalue weighted by atomic mass is 32.2. The summed E-state index contributed by atoms with van der Waals surface area (Å²) in [5.74, 6) is 1.36. The van der Waals surface area contributed by atoms with Gasteiger partial charge in [0.15, 0.2) is 0 Å². The van der Waals surface area contributed by atoms with Gasteiger partial charge in [0.1, 0.15) is 5.82 Å². The zero-order valence-corrected chi connectivity index (χ0v) is 13.6. The third-order valence-corrected chi connectivity index (χ3v) is 6.75. The van der Waals surface area contributed by atoms with E-state index in [-0.39, 0.29) is 24.1 Å². The highest BCUT2D eigenvalue weighted by Crippen LogP contribution is 2.27. The number of thioether (sulfide) groups is 1. The number of aryl methyl sites for hydroxylation is 1. The van der Waals surface area contributed by atoms with Crippen molar-refractivity contribution < 1.29 is 17.9 Å². The highest BCUT2D eigenvalue weighted by molar-refractivity contribution is 7.99. The van der Waals surface area contributed by atoms with Gasteiger partial charge in [-0.15, -0.1) is 0 Å². The predicted octanol–water partition coefficient (Wildman–Crippen LogP) is 2.01. The molecule has 0 bridgehead atoms. The molecule has 7 heteroatoms. The van der Waals surface area contributed by atoms with Crippen LogP contribution in [0.4, 0.5) is 4.39 Å². The van der Waals surface area contributed by atoms with Gasteiger partial charge in [-0.05, 0) is 49.3 Å². The van der Waals surface area contributed by atoms with Crippen LogP contribution in [0, 0.1) is 12.7 Å². The number of aliphatic hydroxyl groups excluding tert-OH is 1. The Balaban J connectivity index is 2.34. The summed E-state index contributed by atoms with van der Waals surface area (Å²) in [6.45, 7) is 1.39. The van der Waals surface area contributed by atoms with Gasteiger partial charge in [0.25, 0.3) is 0 Å². The van der Waals surface area contributed by atoms with Crippen molar-refractivity contribution >= 4 is 21.8 Å². The molecule has 1 aliphatic rings. The number of hydrogen-bond donors (Lipinski definition) is 1. The van der Waals surface area contributed by atoms with Crippen LogP contribution in [0.3, 0.4) is 0 Å². The first-order chi connectivity index (χ1) is 9.96. The van der Waals surface area contributed by atoms with Crippen molar-refractivity contribution in [3.63, 3.8) is 0 Å². The van der Waals surface area contributed by atoms with Gasteiger partial charge in [0, 0.05) is 18.3 Å². The fourth-order valence-electron chi connectivity index (χ4n) is 2.46. The maximum absolute atomic E-state index is 13.3. The zero-order valence-electron chi connectivity index (χ0n) is 12.0. The lowest BCUT2D eigenvalue weighted by Gasteiger charge is -2.32. The quantitative estimate of drug-likeness (QED) is 0.895. The van der Waals surface area contributed by atoms with Crippen molar-refractivity contribution in [2.75, 3.05) is 24.7 Å². The maximum atomic E-state index is 13.3. The molecule has 21 heavy (non-hydrogen) atoms. The van der Waals surface area contributed by atoms with Crippen molar-refractivity contribution in [3.05, 3.63) is 29.6 Å². The molecule has 1 aliphatic heterocycles. The Labute approximate surface area is 129 Å². The van der Waals surface area contributed by atoms with Crippen molar-refractivity contribution in [3.8, 4) is 0 Å². The number of sulfonamides is 1. The van der Waals surface area contributed by atoms with Gasteiger partial charge in [0.05, 0.1) is 11.5 Å². The van der Waals surface area contributed by atoms with E-state index >= 15 is 0 Å². The normalized spacial score (nSPS) is 19.9. The monoisotopic (exact) mass is 333 g/mol. The third kappa shape index (κ3) is 3.77. The van der Waals surface area contributed by atoms with Crippen molar-refractivity contribution in [2.45, 2.75) is 30.7 Å². The molecule has 0 saturated carbocycles. The van der Waals surface area contributed by atoms with Crippen molar-refractivity contribution in [2.24, 2.45) is 0 Å². The molecule has 0 unspecified atom stereocenters. The van der Waals surface area contributed by atoms with E-state index in [1.54, 1.807) is 18.7 Å². The average Bonchev–Trinajstić information content (AvgIpc) is 2.48. The first kappa shape index (κ1) is 16.7. The zero-order chi connectivity index (χ0) is 15.5. The van der Waals surface area contributed by atoms with Crippen LogP contribution in [-0.4, -0.2) is 48.5 Å². The van der Waals surface area contributed by atoms with Gasteiger partial charge in [-0.1, -0.05) is 0 Å². The molecule has 0 aromatic heterocycles. The number of rotatable bonds is 5. The van der Waals surface area contributed by atoms with Gasteiger partial charge in [0.2, 0.25) is 10.0 Å². The van der Waals surface area contributed by atoms with E-state index in [1.807, 2.05) is 0 Å². The molecular formula is C14H20FNO3S2. The molecule has 0 amide bonds. The number of aliphatic hydroxyl groups is 1. The number of hydrogen-bond acceptors (Lipinski definition) is 4. The van der Waals surface area contributed by atoms with Crippen LogP contribution in [-0.2, 0) is 10.0 Å². The molecular weight excluding hydrogens is 313 g/mol. The molecule has 1 aromatic rings. The second-order valence-corrected chi connectivity index (χ2v) is 8.16. The summed E-state index contributed by atoms with van der Waals surface area (Å²) < 4.78 is 40.2. The number of halogens is 1. The Kier molecular flexibility index (Phi) is 5.65. The average molecular weight is 333 g/mol. The summed E-state index contributed by atoms with van der Waals surface area (Å²) in [5, 5.41) is 9.20. The Hall–Kier alpha value is -0.630. The minimum Gasteiger partial charge on any atom is -0.395 e. The SMILES string of the molecule is Cc1cc(S(=O)(=O)N(CCO)[C@@H]2CCCSC2)ccc1F. The van der Waals surface area contributed by atoms with Crippen molar-refractivity contribution in [1.82, 2.24) is 4.31 Å². The summed E-state index contributed by atoms with van der Waals surface area (Å²) in [6.07, 6.45) is 1.77. The minimum absolute atomic E-state index is 0.0734. The standard InChI is InChI=1S/C14H20FNO3S2/c1-11-9-13(4-5-14(11)15)21(18,19)16(6-7-17)12-3-2-8-20-10-12/h4-5,9,12,17H,2-3,6-8,10H2,1H3/t12-/m1/s1. The fraction of sp³-hybridized carbons (Fsp3) is 0.571. The van der Waals surface area contributed by atoms with E-state index in [0.717, 1.165) is 24.3 Å². The summed E-state index contributed by atoms with van der Waals surface area (Å²) in [5.41, 5.74) is 0.304. The topological polar surface area (TPSA) is 57.6 Å². The molecule has 0 spiro atoms. The smallest absolute Gasteiger partial charge is 0.243 e. The minimum atomic E-state index is -3.71. The molecule has 2 rings (SSSR count). The van der Waals surface area contributed by atoms with Gasteiger partial charge >= 0.3 is 0 Å². The van der Waals surface area contributed by atoms with E-state index < -0.39 is 15.8 Å². The molecule has 1 atom stereocenters. The Morgan fingerprint density at radius 1 is 1.48 bits per heavy atom. The Bertz CT molecular complexity index is 586. The summed E-state index contributed by atoms with van der Waals surface area (Å²) >= 11 is 1.73.